The minimum atomic E-state index is -2.86. The van der Waals surface area contributed by atoms with E-state index in [4.69, 9.17) is 39.5 Å². The maximum absolute atomic E-state index is 14.0. The Morgan fingerprint density at radius 3 is 1.94 bits per heavy atom. The number of carbonyl (C=O) groups is 1. The zero-order valence-corrected chi connectivity index (χ0v) is 41.8. The van der Waals surface area contributed by atoms with Crippen molar-refractivity contribution in [3.05, 3.63) is 72.3 Å². The summed E-state index contributed by atoms with van der Waals surface area (Å²) in [4.78, 5) is 29.9. The van der Waals surface area contributed by atoms with Gasteiger partial charge in [-0.1, -0.05) is 6.07 Å². The van der Waals surface area contributed by atoms with Crippen molar-refractivity contribution in [3.63, 3.8) is 0 Å². The lowest BCUT2D eigenvalue weighted by Crippen LogP contribution is -2.54. The third-order valence-corrected chi connectivity index (χ3v) is 14.2. The predicted molar refractivity (Wildman–Crippen MR) is 263 cm³/mol. The molecule has 382 valence electrons. The summed E-state index contributed by atoms with van der Waals surface area (Å²) >= 11 is 0. The van der Waals surface area contributed by atoms with Gasteiger partial charge >= 0.3 is 6.61 Å². The normalized spacial score (nSPS) is 23.1. The highest BCUT2D eigenvalue weighted by Gasteiger charge is 2.38. The number of methoxy groups -OCH3 is 1. The molecule has 0 radical (unpaired) electrons. The number of carbonyl (C=O) groups excluding carboxylic acids is 1. The van der Waals surface area contributed by atoms with E-state index in [1.807, 2.05) is 85.5 Å². The number of nitrogens with one attached hydrogen (secondary N) is 2. The summed E-state index contributed by atoms with van der Waals surface area (Å²) in [7, 11) is 1.67. The van der Waals surface area contributed by atoms with Crippen LogP contribution in [0.1, 0.15) is 122 Å². The van der Waals surface area contributed by atoms with Gasteiger partial charge in [0.25, 0.3) is 0 Å². The van der Waals surface area contributed by atoms with E-state index >= 15 is 0 Å². The highest BCUT2D eigenvalue weighted by Crippen LogP contribution is 2.40. The molecule has 18 nitrogen and oxygen atoms in total. The Hall–Kier alpha value is -5.67. The minimum Gasteiger partial charge on any atom is -0.393 e. The van der Waals surface area contributed by atoms with E-state index < -0.39 is 18.2 Å². The van der Waals surface area contributed by atoms with E-state index in [0.717, 1.165) is 88.9 Å². The third-order valence-electron chi connectivity index (χ3n) is 14.2. The number of morpholine rings is 1. The average molecular weight is 983 g/mol. The maximum Gasteiger partial charge on any atom is 0.345 e. The number of hydrogen-bond donors (Lipinski definition) is 3. The van der Waals surface area contributed by atoms with Crippen LogP contribution in [0.4, 0.5) is 20.7 Å². The Kier molecular flexibility index (Phi) is 15.3. The molecule has 0 aromatic carbocycles. The van der Waals surface area contributed by atoms with Crippen molar-refractivity contribution >= 4 is 28.8 Å². The van der Waals surface area contributed by atoms with Crippen LogP contribution in [0, 0.1) is 0 Å². The fourth-order valence-electron chi connectivity index (χ4n) is 10.6. The van der Waals surface area contributed by atoms with Gasteiger partial charge in [-0.25, -0.2) is 19.0 Å². The molecule has 2 aliphatic carbocycles. The number of anilines is 2. The van der Waals surface area contributed by atoms with Crippen LogP contribution in [0.3, 0.4) is 0 Å². The van der Waals surface area contributed by atoms with Gasteiger partial charge in [0, 0.05) is 90.2 Å². The number of aromatic nitrogens is 9. The number of ether oxygens (including phenoxy) is 4. The summed E-state index contributed by atoms with van der Waals surface area (Å²) < 4.78 is 53.3. The van der Waals surface area contributed by atoms with Crippen molar-refractivity contribution in [1.29, 1.82) is 0 Å². The fourth-order valence-corrected chi connectivity index (χ4v) is 10.6. The quantitative estimate of drug-likeness (QED) is 0.0755. The molecule has 6 aromatic rings. The minimum absolute atomic E-state index is 0.00128. The van der Waals surface area contributed by atoms with Crippen LogP contribution < -0.4 is 10.6 Å². The van der Waals surface area contributed by atoms with Gasteiger partial charge in [0.05, 0.1) is 79.6 Å². The molecule has 1 aliphatic heterocycles. The maximum atomic E-state index is 14.0. The van der Waals surface area contributed by atoms with Gasteiger partial charge in [0.1, 0.15) is 5.54 Å². The Balaban J connectivity index is 0.883. The molecule has 0 spiro atoms. The first-order chi connectivity index (χ1) is 34.1. The van der Waals surface area contributed by atoms with Gasteiger partial charge in [-0.15, -0.1) is 10.2 Å². The van der Waals surface area contributed by atoms with E-state index in [1.165, 1.54) is 0 Å². The zero-order chi connectivity index (χ0) is 50.0. The Labute approximate surface area is 412 Å². The summed E-state index contributed by atoms with van der Waals surface area (Å²) in [6, 6.07) is 7.95. The molecule has 6 aromatic heterocycles. The number of hydrogen-bond acceptors (Lipinski definition) is 14. The summed E-state index contributed by atoms with van der Waals surface area (Å²) in [5.74, 6) is 1.22. The zero-order valence-electron chi connectivity index (χ0n) is 41.8. The predicted octanol–water partition coefficient (Wildman–Crippen LogP) is 7.82. The fraction of sp³-hybridized carbons (Fsp3) is 0.588. The molecule has 3 fully saturated rings. The van der Waals surface area contributed by atoms with Crippen molar-refractivity contribution in [2.24, 2.45) is 0 Å². The second-order valence-electron chi connectivity index (χ2n) is 20.4. The van der Waals surface area contributed by atoms with Crippen molar-refractivity contribution < 1.29 is 37.6 Å². The Morgan fingerprint density at radius 1 is 0.803 bits per heavy atom. The molecule has 4 atom stereocenters. The smallest absolute Gasteiger partial charge is 0.345 e. The third kappa shape index (κ3) is 11.4. The molecule has 0 bridgehead atoms. The van der Waals surface area contributed by atoms with Crippen LogP contribution in [0.2, 0.25) is 0 Å². The second kappa shape index (κ2) is 21.6. The molecule has 3 aliphatic rings. The van der Waals surface area contributed by atoms with E-state index in [0.29, 0.717) is 51.0 Å². The van der Waals surface area contributed by atoms with Gasteiger partial charge in [0.2, 0.25) is 17.8 Å². The van der Waals surface area contributed by atoms with Gasteiger partial charge in [0.15, 0.2) is 0 Å². The number of rotatable bonds is 18. The monoisotopic (exact) mass is 983 g/mol. The molecular formula is C51H68F2N12O6. The number of alkyl halides is 2. The highest BCUT2D eigenvalue weighted by atomic mass is 19.3. The highest BCUT2D eigenvalue weighted by molar-refractivity contribution is 5.85. The van der Waals surface area contributed by atoms with Crippen LogP contribution in [0.25, 0.3) is 33.3 Å². The van der Waals surface area contributed by atoms with Gasteiger partial charge < -0.3 is 39.6 Å². The van der Waals surface area contributed by atoms with Gasteiger partial charge in [-0.05, 0) is 111 Å². The van der Waals surface area contributed by atoms with E-state index in [2.05, 4.69) is 32.5 Å². The SMILES string of the molecule is COC[C@H](C)Nc1ncc2c(-c3cnn(C(C)(C)C(=O)N4C[C@@H](C)O[C@@H](C)C4)c3)cc([C@H]3CC[C@H](OCc4ccc(-c5cc([C@H]6CC[C@H](O)CC6)n6nc(N[C@@H](C)COC(F)F)ncc56)cn4)CC3)n2n1. The standard InChI is InChI=1S/C51H68F2N12O6/c1-30(27-68-7)58-49-56-23-46-42(37-21-57-63(26-37)51(5,6)47(67)62-24-32(3)71-33(4)25-62)19-44(65(46)60-49)35-11-16-40(17-12-35)69-29-38-13-8-36(20-54-38)41-18-43(34-9-14-39(66)15-10-34)64-45(41)22-55-50(61-64)59-31(2)28-70-48(52)53/h8,13,18-23,26,30-35,39-40,48,66H,9-12,14-17,24-25,27-29H2,1-7H3,(H,58,60)(H,59,61)/t30-,31-,32-,33+,34-,35-,39-,40-/m0/s1. The van der Waals surface area contributed by atoms with Crippen LogP contribution in [-0.2, 0) is 35.9 Å². The first-order valence-electron chi connectivity index (χ1n) is 25.1. The van der Waals surface area contributed by atoms with Gasteiger partial charge in [-0.3, -0.25) is 14.5 Å². The molecule has 2 saturated carbocycles. The van der Waals surface area contributed by atoms with Crippen LogP contribution in [0.5, 0.6) is 0 Å². The van der Waals surface area contributed by atoms with Crippen molar-refractivity contribution in [1.82, 2.24) is 48.9 Å². The molecule has 1 saturated heterocycles. The first kappa shape index (κ1) is 50.3. The van der Waals surface area contributed by atoms with Crippen LogP contribution in [-0.4, -0.2) is 136 Å². The Bertz CT molecular complexity index is 2740. The van der Waals surface area contributed by atoms with E-state index in [9.17, 15) is 18.7 Å². The summed E-state index contributed by atoms with van der Waals surface area (Å²) in [6.07, 6.45) is 15.5. The van der Waals surface area contributed by atoms with E-state index in [1.54, 1.807) is 24.9 Å². The molecule has 0 unspecified atom stereocenters. The lowest BCUT2D eigenvalue weighted by Gasteiger charge is -2.39. The van der Waals surface area contributed by atoms with Gasteiger partial charge in [-0.2, -0.15) is 13.9 Å². The molecule has 7 heterocycles. The Morgan fingerprint density at radius 2 is 1.38 bits per heavy atom. The number of pyridine rings is 1. The summed E-state index contributed by atoms with van der Waals surface area (Å²) in [5.41, 5.74) is 7.33. The lowest BCUT2D eigenvalue weighted by molar-refractivity contribution is -0.151. The molecular weight excluding hydrogens is 915 g/mol. The number of amides is 1. The first-order valence-corrected chi connectivity index (χ1v) is 25.1. The number of aliphatic hydroxyl groups excluding tert-OH is 1. The molecule has 20 heteroatoms. The van der Waals surface area contributed by atoms with Crippen molar-refractivity contribution in [3.8, 4) is 22.3 Å². The molecule has 9 rings (SSSR count). The topological polar surface area (TPSA) is 193 Å². The van der Waals surface area contributed by atoms with Crippen LogP contribution in [0.15, 0.2) is 55.2 Å². The largest absolute Gasteiger partial charge is 0.393 e. The van der Waals surface area contributed by atoms with E-state index in [-0.39, 0.29) is 54.8 Å². The number of nitrogens with zero attached hydrogens (tertiary/aromatic N) is 10. The summed E-state index contributed by atoms with van der Waals surface area (Å²) in [6.45, 7) is 10.5. The average Bonchev–Trinajstić information content (AvgIpc) is 4.10. The van der Waals surface area contributed by atoms with Crippen LogP contribution >= 0.6 is 0 Å². The number of halogens is 2. The number of fused-ring (bicyclic) bond motifs is 2. The second-order valence-corrected chi connectivity index (χ2v) is 20.4. The molecule has 3 N–H and O–H groups in total. The van der Waals surface area contributed by atoms with Crippen molar-refractivity contribution in [2.75, 3.05) is 44.0 Å². The lowest BCUT2D eigenvalue weighted by atomic mass is 9.85. The van der Waals surface area contributed by atoms with Crippen molar-refractivity contribution in [2.45, 2.75) is 160 Å². The molecule has 71 heavy (non-hydrogen) atoms. The number of aliphatic hydroxyl groups is 1. The molecule has 1 amide bonds. The summed E-state index contributed by atoms with van der Waals surface area (Å²) in [5, 5.41) is 31.3.